The highest BCUT2D eigenvalue weighted by Gasteiger charge is 2.15. The summed E-state index contributed by atoms with van der Waals surface area (Å²) >= 11 is 0. The van der Waals surface area contributed by atoms with Crippen LogP contribution in [-0.4, -0.2) is 23.2 Å². The van der Waals surface area contributed by atoms with E-state index >= 15 is 0 Å². The third-order valence-corrected chi connectivity index (χ3v) is 3.12. The van der Waals surface area contributed by atoms with Gasteiger partial charge in [-0.1, -0.05) is 0 Å². The number of nitrogens with one attached hydrogen (secondary N) is 1. The average Bonchev–Trinajstić information content (AvgIpc) is 2.46. The molecule has 21 heavy (non-hydrogen) atoms. The van der Waals surface area contributed by atoms with Gasteiger partial charge in [-0.15, -0.1) is 0 Å². The largest absolute Gasteiger partial charge is 0.497 e. The smallest absolute Gasteiger partial charge is 0.360 e. The molecule has 0 aliphatic rings. The molecular weight excluding hydrogens is 278 g/mol. The molecule has 3 rings (SSSR count). The number of hydrogen-bond donors (Lipinski definition) is 2. The predicted octanol–water partition coefficient (Wildman–Crippen LogP) is 1.34. The molecule has 0 aliphatic heterocycles. The van der Waals surface area contributed by atoms with Crippen molar-refractivity contribution in [2.75, 3.05) is 7.11 Å². The van der Waals surface area contributed by atoms with Crippen molar-refractivity contribution in [2.24, 2.45) is 0 Å². The number of carboxylic acid groups (broad SMARTS) is 1. The Kier molecular flexibility index (Phi) is 2.76. The molecule has 1 aromatic carbocycles. The highest BCUT2D eigenvalue weighted by atomic mass is 16.5. The van der Waals surface area contributed by atoms with Gasteiger partial charge in [0.1, 0.15) is 22.5 Å². The van der Waals surface area contributed by atoms with E-state index in [9.17, 15) is 14.4 Å². The lowest BCUT2D eigenvalue weighted by atomic mass is 10.1. The second-order valence-electron chi connectivity index (χ2n) is 4.35. The Morgan fingerprint density at radius 3 is 2.71 bits per heavy atom. The lowest BCUT2D eigenvalue weighted by Gasteiger charge is -2.05. The first-order valence-corrected chi connectivity index (χ1v) is 5.92. The lowest BCUT2D eigenvalue weighted by Crippen LogP contribution is -2.15. The van der Waals surface area contributed by atoms with Gasteiger partial charge in [-0.05, 0) is 18.2 Å². The zero-order valence-electron chi connectivity index (χ0n) is 10.8. The predicted molar refractivity (Wildman–Crippen MR) is 74.1 cm³/mol. The molecule has 0 saturated heterocycles. The molecule has 0 bridgehead atoms. The van der Waals surface area contributed by atoms with Crippen molar-refractivity contribution >= 4 is 27.8 Å². The van der Waals surface area contributed by atoms with Gasteiger partial charge in [-0.2, -0.15) is 0 Å². The highest BCUT2D eigenvalue weighted by molar-refractivity contribution is 6.04. The van der Waals surface area contributed by atoms with E-state index in [0.717, 1.165) is 6.07 Å². The Balaban J connectivity index is 2.57. The fourth-order valence-electron chi connectivity index (χ4n) is 2.17. The molecular formula is C14H9NO6. The van der Waals surface area contributed by atoms with E-state index in [0.29, 0.717) is 11.1 Å². The summed E-state index contributed by atoms with van der Waals surface area (Å²) in [4.78, 5) is 37.4. The Labute approximate surface area is 116 Å². The van der Waals surface area contributed by atoms with Crippen molar-refractivity contribution in [3.8, 4) is 5.75 Å². The Hall–Kier alpha value is -3.09. The topological polar surface area (TPSA) is 110 Å². The van der Waals surface area contributed by atoms with Crippen LogP contribution in [0.5, 0.6) is 5.75 Å². The maximum atomic E-state index is 12.2. The molecule has 7 heteroatoms. The summed E-state index contributed by atoms with van der Waals surface area (Å²) in [5.41, 5.74) is -1.71. The fraction of sp³-hybridized carbons (Fsp3) is 0.0714. The van der Waals surface area contributed by atoms with Crippen LogP contribution in [0.1, 0.15) is 10.5 Å². The van der Waals surface area contributed by atoms with Crippen molar-refractivity contribution in [2.45, 2.75) is 0 Å². The summed E-state index contributed by atoms with van der Waals surface area (Å²) in [7, 11) is 1.47. The van der Waals surface area contributed by atoms with Gasteiger partial charge in [0.05, 0.1) is 12.5 Å². The van der Waals surface area contributed by atoms with Crippen molar-refractivity contribution in [1.29, 1.82) is 0 Å². The molecule has 0 fully saturated rings. The number of hydrogen-bond acceptors (Lipinski definition) is 5. The minimum Gasteiger partial charge on any atom is -0.497 e. The molecule has 2 heterocycles. The summed E-state index contributed by atoms with van der Waals surface area (Å²) in [5, 5.41) is 9.38. The number of carbonyl (C=O) groups is 1. The van der Waals surface area contributed by atoms with Crippen LogP contribution in [0.15, 0.2) is 38.3 Å². The molecule has 0 aliphatic carbocycles. The molecule has 0 saturated carbocycles. The molecule has 7 nitrogen and oxygen atoms in total. The third kappa shape index (κ3) is 1.95. The molecule has 0 unspecified atom stereocenters. The Morgan fingerprint density at radius 2 is 2.05 bits per heavy atom. The molecule has 2 N–H and O–H groups in total. The van der Waals surface area contributed by atoms with Gasteiger partial charge in [-0.25, -0.2) is 9.59 Å². The first-order valence-electron chi connectivity index (χ1n) is 5.92. The van der Waals surface area contributed by atoms with Crippen molar-refractivity contribution < 1.29 is 19.1 Å². The van der Waals surface area contributed by atoms with Crippen LogP contribution >= 0.6 is 0 Å². The van der Waals surface area contributed by atoms with Gasteiger partial charge in [-0.3, -0.25) is 4.79 Å². The van der Waals surface area contributed by atoms with Gasteiger partial charge in [0.2, 0.25) is 0 Å². The number of benzene rings is 1. The molecule has 0 radical (unpaired) electrons. The van der Waals surface area contributed by atoms with Crippen LogP contribution < -0.4 is 15.8 Å². The van der Waals surface area contributed by atoms with Gasteiger partial charge < -0.3 is 19.2 Å². The molecule has 0 atom stereocenters. The summed E-state index contributed by atoms with van der Waals surface area (Å²) in [6.07, 6.45) is 0. The summed E-state index contributed by atoms with van der Waals surface area (Å²) in [6.45, 7) is 0. The fourth-order valence-corrected chi connectivity index (χ4v) is 2.17. The van der Waals surface area contributed by atoms with Gasteiger partial charge >= 0.3 is 11.6 Å². The number of ether oxygens (including phenoxy) is 1. The van der Waals surface area contributed by atoms with E-state index in [1.54, 1.807) is 12.1 Å². The van der Waals surface area contributed by atoms with Gasteiger partial charge in [0, 0.05) is 11.5 Å². The number of rotatable bonds is 2. The monoisotopic (exact) mass is 287 g/mol. The zero-order valence-corrected chi connectivity index (χ0v) is 10.8. The third-order valence-electron chi connectivity index (χ3n) is 3.12. The van der Waals surface area contributed by atoms with Crippen LogP contribution in [0.3, 0.4) is 0 Å². The second kappa shape index (κ2) is 4.48. The normalized spacial score (nSPS) is 10.9. The van der Waals surface area contributed by atoms with Crippen LogP contribution in [0, 0.1) is 0 Å². The Bertz CT molecular complexity index is 998. The van der Waals surface area contributed by atoms with Crippen molar-refractivity contribution in [3.05, 3.63) is 50.6 Å². The maximum absolute atomic E-state index is 12.2. The minimum atomic E-state index is -1.33. The van der Waals surface area contributed by atoms with Crippen LogP contribution in [0.4, 0.5) is 0 Å². The van der Waals surface area contributed by atoms with Crippen LogP contribution in [0.25, 0.3) is 21.9 Å². The molecule has 0 amide bonds. The number of H-pyrrole nitrogens is 1. The van der Waals surface area contributed by atoms with E-state index in [4.69, 9.17) is 14.3 Å². The van der Waals surface area contributed by atoms with E-state index in [-0.39, 0.29) is 22.2 Å². The summed E-state index contributed by atoms with van der Waals surface area (Å²) in [5.74, 6) is -0.849. The van der Waals surface area contributed by atoms with E-state index in [1.807, 2.05) is 0 Å². The molecule has 2 aromatic heterocycles. The number of aromatic amines is 1. The number of methoxy groups -OCH3 is 1. The minimum absolute atomic E-state index is 0.0742. The van der Waals surface area contributed by atoms with Gasteiger partial charge in [0.15, 0.2) is 5.43 Å². The average molecular weight is 287 g/mol. The quantitative estimate of drug-likeness (QED) is 0.543. The first-order chi connectivity index (χ1) is 10.0. The van der Waals surface area contributed by atoms with Crippen LogP contribution in [-0.2, 0) is 0 Å². The SMILES string of the molecule is COc1ccc2oc(=O)c3[nH]c(C(=O)O)cc(=O)c3c2c1. The van der Waals surface area contributed by atoms with E-state index in [1.165, 1.54) is 13.2 Å². The molecule has 106 valence electrons. The lowest BCUT2D eigenvalue weighted by molar-refractivity contribution is 0.0691. The first kappa shape index (κ1) is 12.9. The van der Waals surface area contributed by atoms with E-state index in [2.05, 4.69) is 4.98 Å². The number of aromatic nitrogens is 1. The number of aromatic carboxylic acids is 1. The second-order valence-corrected chi connectivity index (χ2v) is 4.35. The number of carboxylic acids is 1. The number of pyridine rings is 1. The van der Waals surface area contributed by atoms with Gasteiger partial charge in [0.25, 0.3) is 0 Å². The van der Waals surface area contributed by atoms with Crippen molar-refractivity contribution in [3.63, 3.8) is 0 Å². The van der Waals surface area contributed by atoms with Crippen molar-refractivity contribution in [1.82, 2.24) is 4.98 Å². The molecule has 0 spiro atoms. The van der Waals surface area contributed by atoms with E-state index < -0.39 is 17.0 Å². The highest BCUT2D eigenvalue weighted by Crippen LogP contribution is 2.24. The maximum Gasteiger partial charge on any atom is 0.360 e. The molecule has 3 aromatic rings. The standard InChI is InChI=1S/C14H9NO6/c1-20-6-2-3-10-7(4-6)11-9(16)5-8(13(17)18)15-12(11)14(19)21-10/h2-5H,1H3,(H,15,16)(H,17,18). The van der Waals surface area contributed by atoms with Crippen LogP contribution in [0.2, 0.25) is 0 Å². The number of fused-ring (bicyclic) bond motifs is 3. The Morgan fingerprint density at radius 1 is 1.29 bits per heavy atom. The summed E-state index contributed by atoms with van der Waals surface area (Å²) in [6, 6.07) is 5.59. The summed E-state index contributed by atoms with van der Waals surface area (Å²) < 4.78 is 10.2. The zero-order chi connectivity index (χ0) is 15.1.